The van der Waals surface area contributed by atoms with Crippen LogP contribution in [0.15, 0.2) is 18.2 Å². The molecule has 0 spiro atoms. The van der Waals surface area contributed by atoms with Crippen molar-refractivity contribution < 1.29 is 14.6 Å². The maximum absolute atomic E-state index is 10.5. The molecule has 3 nitrogen and oxygen atoms in total. The van der Waals surface area contributed by atoms with Crippen LogP contribution in [0.1, 0.15) is 116 Å². The predicted octanol–water partition coefficient (Wildman–Crippen LogP) is 8.01. The number of phenolic OH excluding ortho intramolecular Hbond substituents is 1. The van der Waals surface area contributed by atoms with E-state index in [1.54, 1.807) is 6.07 Å². The molecule has 0 saturated heterocycles. The largest absolute Gasteiger partial charge is 0.508 e. The Morgan fingerprint density at radius 3 is 1.71 bits per heavy atom. The first-order valence-corrected chi connectivity index (χ1v) is 13.1. The van der Waals surface area contributed by atoms with Crippen LogP contribution in [0.2, 0.25) is 0 Å². The van der Waals surface area contributed by atoms with Crippen molar-refractivity contribution in [1.82, 2.24) is 0 Å². The van der Waals surface area contributed by atoms with Gasteiger partial charge in [-0.15, -0.1) is 0 Å². The summed E-state index contributed by atoms with van der Waals surface area (Å²) in [7, 11) is 0. The molecular formula is C28H50O3. The molecule has 31 heavy (non-hydrogen) atoms. The van der Waals surface area contributed by atoms with E-state index in [1.807, 2.05) is 6.07 Å². The van der Waals surface area contributed by atoms with E-state index < -0.39 is 0 Å². The lowest BCUT2D eigenvalue weighted by Gasteiger charge is -2.19. The minimum atomic E-state index is 0.113. The molecule has 1 aromatic carbocycles. The maximum Gasteiger partial charge on any atom is 0.119 e. The maximum atomic E-state index is 10.5. The molecule has 0 saturated carbocycles. The Labute approximate surface area is 192 Å². The fourth-order valence-corrected chi connectivity index (χ4v) is 4.10. The van der Waals surface area contributed by atoms with Gasteiger partial charge in [0.2, 0.25) is 0 Å². The quantitative estimate of drug-likeness (QED) is 0.211. The van der Waals surface area contributed by atoms with E-state index in [4.69, 9.17) is 9.47 Å². The van der Waals surface area contributed by atoms with Gasteiger partial charge in [-0.1, -0.05) is 90.2 Å². The highest BCUT2D eigenvalue weighted by atomic mass is 16.5. The van der Waals surface area contributed by atoms with E-state index in [1.165, 1.54) is 69.8 Å². The number of hydrogen-bond donors (Lipinski definition) is 1. The first-order chi connectivity index (χ1) is 15.1. The summed E-state index contributed by atoms with van der Waals surface area (Å²) in [6.45, 7) is 10.4. The van der Waals surface area contributed by atoms with Gasteiger partial charge in [0.1, 0.15) is 5.75 Å². The van der Waals surface area contributed by atoms with Crippen LogP contribution in [0.4, 0.5) is 0 Å². The number of phenols is 1. The molecule has 3 heteroatoms. The number of hydrogen-bond acceptors (Lipinski definition) is 3. The SMILES string of the molecule is CCCCCCCCOC(C)Cc1cccc(O)c1CC(C)OCCCCCCCC. The predicted molar refractivity (Wildman–Crippen MR) is 133 cm³/mol. The van der Waals surface area contributed by atoms with Crippen LogP contribution in [0.25, 0.3) is 0 Å². The Bertz CT molecular complexity index is 543. The number of benzene rings is 1. The number of aromatic hydroxyl groups is 1. The summed E-state index contributed by atoms with van der Waals surface area (Å²) in [6, 6.07) is 5.86. The van der Waals surface area contributed by atoms with Gasteiger partial charge in [0.05, 0.1) is 12.2 Å². The zero-order valence-electron chi connectivity index (χ0n) is 21.0. The zero-order valence-corrected chi connectivity index (χ0v) is 21.0. The van der Waals surface area contributed by atoms with Gasteiger partial charge in [0.25, 0.3) is 0 Å². The average Bonchev–Trinajstić information content (AvgIpc) is 2.75. The monoisotopic (exact) mass is 434 g/mol. The normalized spacial score (nSPS) is 13.4. The molecule has 0 heterocycles. The van der Waals surface area contributed by atoms with Crippen molar-refractivity contribution in [3.8, 4) is 5.75 Å². The molecule has 0 aliphatic carbocycles. The van der Waals surface area contributed by atoms with E-state index in [2.05, 4.69) is 33.8 Å². The molecule has 0 radical (unpaired) electrons. The lowest BCUT2D eigenvalue weighted by molar-refractivity contribution is 0.0594. The van der Waals surface area contributed by atoms with E-state index in [0.29, 0.717) is 5.75 Å². The van der Waals surface area contributed by atoms with Crippen LogP contribution >= 0.6 is 0 Å². The second kappa shape index (κ2) is 18.5. The fourth-order valence-electron chi connectivity index (χ4n) is 4.10. The van der Waals surface area contributed by atoms with Gasteiger partial charge in [-0.2, -0.15) is 0 Å². The molecule has 1 aromatic rings. The topological polar surface area (TPSA) is 38.7 Å². The third-order valence-electron chi connectivity index (χ3n) is 6.05. The lowest BCUT2D eigenvalue weighted by atomic mass is 9.97. The summed E-state index contributed by atoms with van der Waals surface area (Å²) in [6.07, 6.45) is 17.2. The van der Waals surface area contributed by atoms with Gasteiger partial charge in [-0.3, -0.25) is 0 Å². The third kappa shape index (κ3) is 13.9. The molecule has 0 aliphatic rings. The highest BCUT2D eigenvalue weighted by Crippen LogP contribution is 2.25. The van der Waals surface area contributed by atoms with Gasteiger partial charge >= 0.3 is 0 Å². The van der Waals surface area contributed by atoms with E-state index in [0.717, 1.165) is 44.5 Å². The standard InChI is InChI=1S/C28H50O3/c1-5-7-9-11-13-15-20-30-24(3)22-26-18-17-19-28(29)27(26)23-25(4)31-21-16-14-12-10-8-6-2/h17-19,24-25,29H,5-16,20-23H2,1-4H3. The second-order valence-electron chi connectivity index (χ2n) is 9.22. The summed E-state index contributed by atoms with van der Waals surface area (Å²) in [4.78, 5) is 0. The van der Waals surface area contributed by atoms with Gasteiger partial charge < -0.3 is 14.6 Å². The molecule has 0 aromatic heterocycles. The number of rotatable bonds is 20. The van der Waals surface area contributed by atoms with Crippen LogP contribution < -0.4 is 0 Å². The van der Waals surface area contributed by atoms with Crippen LogP contribution in [0.3, 0.4) is 0 Å². The molecule has 1 N–H and O–H groups in total. The lowest BCUT2D eigenvalue weighted by Crippen LogP contribution is -2.17. The van der Waals surface area contributed by atoms with Gasteiger partial charge in [0.15, 0.2) is 0 Å². The highest BCUT2D eigenvalue weighted by Gasteiger charge is 2.15. The molecule has 1 rings (SSSR count). The molecule has 0 fully saturated rings. The first kappa shape index (κ1) is 28.0. The molecule has 0 bridgehead atoms. The third-order valence-corrected chi connectivity index (χ3v) is 6.05. The summed E-state index contributed by atoms with van der Waals surface area (Å²) < 4.78 is 12.1. The van der Waals surface area contributed by atoms with Crippen molar-refractivity contribution in [2.45, 2.75) is 130 Å². The molecule has 0 amide bonds. The summed E-state index contributed by atoms with van der Waals surface area (Å²) in [5, 5.41) is 10.5. The fraction of sp³-hybridized carbons (Fsp3) is 0.786. The number of unbranched alkanes of at least 4 members (excludes halogenated alkanes) is 10. The second-order valence-corrected chi connectivity index (χ2v) is 9.22. The van der Waals surface area contributed by atoms with Crippen molar-refractivity contribution in [3.63, 3.8) is 0 Å². The van der Waals surface area contributed by atoms with Gasteiger partial charge in [-0.05, 0) is 50.3 Å². The highest BCUT2D eigenvalue weighted by molar-refractivity contribution is 5.40. The molecular weight excluding hydrogens is 384 g/mol. The molecule has 180 valence electrons. The van der Waals surface area contributed by atoms with Gasteiger partial charge in [0, 0.05) is 19.6 Å². The van der Waals surface area contributed by atoms with Crippen molar-refractivity contribution in [2.24, 2.45) is 0 Å². The Balaban J connectivity index is 2.35. The molecule has 0 aliphatic heterocycles. The Morgan fingerprint density at radius 2 is 1.16 bits per heavy atom. The van der Waals surface area contributed by atoms with Crippen molar-refractivity contribution in [1.29, 1.82) is 0 Å². The Kier molecular flexibility index (Phi) is 16.7. The van der Waals surface area contributed by atoms with E-state index in [9.17, 15) is 5.11 Å². The summed E-state index contributed by atoms with van der Waals surface area (Å²) in [5.74, 6) is 0.385. The minimum Gasteiger partial charge on any atom is -0.508 e. The molecule has 2 atom stereocenters. The van der Waals surface area contributed by atoms with Crippen LogP contribution in [-0.4, -0.2) is 30.5 Å². The Hall–Kier alpha value is -1.06. The van der Waals surface area contributed by atoms with E-state index >= 15 is 0 Å². The zero-order chi connectivity index (χ0) is 22.7. The van der Waals surface area contributed by atoms with Crippen LogP contribution in [0.5, 0.6) is 5.75 Å². The van der Waals surface area contributed by atoms with Gasteiger partial charge in [-0.25, -0.2) is 0 Å². The van der Waals surface area contributed by atoms with Crippen LogP contribution in [-0.2, 0) is 22.3 Å². The van der Waals surface area contributed by atoms with Crippen molar-refractivity contribution in [2.75, 3.05) is 13.2 Å². The van der Waals surface area contributed by atoms with Crippen LogP contribution in [0, 0.1) is 0 Å². The first-order valence-electron chi connectivity index (χ1n) is 13.1. The number of ether oxygens (including phenoxy) is 2. The molecule has 2 unspecified atom stereocenters. The van der Waals surface area contributed by atoms with Crippen molar-refractivity contribution in [3.05, 3.63) is 29.3 Å². The minimum absolute atomic E-state index is 0.113. The smallest absolute Gasteiger partial charge is 0.119 e. The average molecular weight is 435 g/mol. The Morgan fingerprint density at radius 1 is 0.677 bits per heavy atom. The summed E-state index contributed by atoms with van der Waals surface area (Å²) >= 11 is 0. The van der Waals surface area contributed by atoms with E-state index in [-0.39, 0.29) is 12.2 Å². The summed E-state index contributed by atoms with van der Waals surface area (Å²) in [5.41, 5.74) is 2.21. The van der Waals surface area contributed by atoms with Crippen molar-refractivity contribution >= 4 is 0 Å².